The molecule has 2 rings (SSSR count). The minimum atomic E-state index is -0.402. The molecule has 0 saturated heterocycles. The highest BCUT2D eigenvalue weighted by Crippen LogP contribution is 2.29. The van der Waals surface area contributed by atoms with Crippen LogP contribution in [0.15, 0.2) is 24.3 Å². The zero-order valence-corrected chi connectivity index (χ0v) is 15.2. The number of anilines is 1. The molecule has 0 heterocycles. The van der Waals surface area contributed by atoms with E-state index in [1.165, 1.54) is 24.6 Å². The highest BCUT2D eigenvalue weighted by Gasteiger charge is 2.28. The van der Waals surface area contributed by atoms with Gasteiger partial charge in [0.05, 0.1) is 13.1 Å². The van der Waals surface area contributed by atoms with Gasteiger partial charge >= 0.3 is 0 Å². The van der Waals surface area contributed by atoms with E-state index in [9.17, 15) is 14.0 Å². The summed E-state index contributed by atoms with van der Waals surface area (Å²) in [5, 5.41) is 5.73. The van der Waals surface area contributed by atoms with E-state index in [2.05, 4.69) is 24.5 Å². The molecule has 2 N–H and O–H groups in total. The molecule has 2 amide bonds. The van der Waals surface area contributed by atoms with E-state index in [-0.39, 0.29) is 30.9 Å². The molecule has 0 spiro atoms. The molecule has 1 fully saturated rings. The van der Waals surface area contributed by atoms with Gasteiger partial charge in [0, 0.05) is 11.7 Å². The molecule has 25 heavy (non-hydrogen) atoms. The molecule has 3 atom stereocenters. The Balaban J connectivity index is 1.76. The van der Waals surface area contributed by atoms with Crippen LogP contribution in [-0.2, 0) is 9.59 Å². The van der Waals surface area contributed by atoms with Crippen molar-refractivity contribution in [2.45, 2.75) is 39.2 Å². The molecule has 0 unspecified atom stereocenters. The summed E-state index contributed by atoms with van der Waals surface area (Å²) in [5.41, 5.74) is 0.410. The Hall–Kier alpha value is -1.95. The van der Waals surface area contributed by atoms with Crippen LogP contribution in [0.3, 0.4) is 0 Å². The van der Waals surface area contributed by atoms with Crippen LogP contribution in [0.5, 0.6) is 0 Å². The number of halogens is 1. The van der Waals surface area contributed by atoms with Crippen molar-refractivity contribution in [2.24, 2.45) is 11.8 Å². The summed E-state index contributed by atoms with van der Waals surface area (Å²) in [4.78, 5) is 25.9. The summed E-state index contributed by atoms with van der Waals surface area (Å²) in [6, 6.07) is 5.95. The normalized spacial score (nSPS) is 23.3. The highest BCUT2D eigenvalue weighted by atomic mass is 19.1. The first-order valence-corrected chi connectivity index (χ1v) is 8.88. The Morgan fingerprint density at radius 2 is 1.92 bits per heavy atom. The van der Waals surface area contributed by atoms with Crippen LogP contribution in [0.2, 0.25) is 0 Å². The Morgan fingerprint density at radius 3 is 2.64 bits per heavy atom. The lowest BCUT2D eigenvalue weighted by Crippen LogP contribution is -2.47. The van der Waals surface area contributed by atoms with E-state index in [0.29, 0.717) is 17.5 Å². The van der Waals surface area contributed by atoms with Crippen LogP contribution in [-0.4, -0.2) is 42.9 Å². The second-order valence-corrected chi connectivity index (χ2v) is 7.17. The molecule has 0 radical (unpaired) electrons. The van der Waals surface area contributed by atoms with Crippen LogP contribution in [0.25, 0.3) is 0 Å². The van der Waals surface area contributed by atoms with Crippen molar-refractivity contribution in [1.82, 2.24) is 10.2 Å². The van der Waals surface area contributed by atoms with E-state index in [1.807, 2.05) is 0 Å². The van der Waals surface area contributed by atoms with Gasteiger partial charge in [-0.3, -0.25) is 14.5 Å². The molecule has 1 aromatic rings. The van der Waals surface area contributed by atoms with Crippen LogP contribution >= 0.6 is 0 Å². The summed E-state index contributed by atoms with van der Waals surface area (Å²) in [5.74, 6) is 0.349. The quantitative estimate of drug-likeness (QED) is 0.830. The molecule has 0 aromatic heterocycles. The van der Waals surface area contributed by atoms with E-state index in [0.717, 1.165) is 12.8 Å². The predicted molar refractivity (Wildman–Crippen MR) is 96.6 cm³/mol. The van der Waals surface area contributed by atoms with Crippen LogP contribution in [0, 0.1) is 17.7 Å². The number of carbonyl (C=O) groups excluding carboxylic acids is 2. The third kappa shape index (κ3) is 6.12. The van der Waals surface area contributed by atoms with E-state index >= 15 is 0 Å². The molecule has 1 aliphatic carbocycles. The number of rotatable bonds is 6. The zero-order chi connectivity index (χ0) is 18.4. The fraction of sp³-hybridized carbons (Fsp3) is 0.579. The molecule has 0 bridgehead atoms. The predicted octanol–water partition coefficient (Wildman–Crippen LogP) is 2.64. The number of benzene rings is 1. The first-order valence-electron chi connectivity index (χ1n) is 8.88. The summed E-state index contributed by atoms with van der Waals surface area (Å²) in [6.07, 6.45) is 3.37. The van der Waals surface area contributed by atoms with Gasteiger partial charge in [-0.1, -0.05) is 32.8 Å². The van der Waals surface area contributed by atoms with Crippen molar-refractivity contribution in [1.29, 1.82) is 0 Å². The van der Waals surface area contributed by atoms with Gasteiger partial charge in [0.2, 0.25) is 11.8 Å². The molecule has 0 aliphatic heterocycles. The number of likely N-dealkylation sites (N-methyl/N-ethyl adjacent to an activating group) is 1. The monoisotopic (exact) mass is 349 g/mol. The average Bonchev–Trinajstić information content (AvgIpc) is 2.51. The van der Waals surface area contributed by atoms with E-state index in [4.69, 9.17) is 0 Å². The third-order valence-electron chi connectivity index (χ3n) is 4.99. The van der Waals surface area contributed by atoms with Gasteiger partial charge < -0.3 is 10.6 Å². The van der Waals surface area contributed by atoms with Gasteiger partial charge in [0.15, 0.2) is 0 Å². The first kappa shape index (κ1) is 19.4. The van der Waals surface area contributed by atoms with Gasteiger partial charge in [0.25, 0.3) is 0 Å². The number of nitrogens with zero attached hydrogens (tertiary/aromatic N) is 1. The van der Waals surface area contributed by atoms with Crippen molar-refractivity contribution < 1.29 is 14.0 Å². The Labute approximate surface area is 149 Å². The van der Waals surface area contributed by atoms with Gasteiger partial charge in [0.1, 0.15) is 5.82 Å². The number of nitrogens with one attached hydrogen (secondary N) is 2. The first-order chi connectivity index (χ1) is 11.8. The molecular weight excluding hydrogens is 321 g/mol. The maximum Gasteiger partial charge on any atom is 0.238 e. The zero-order valence-electron chi connectivity index (χ0n) is 15.2. The van der Waals surface area contributed by atoms with Crippen LogP contribution in [0.1, 0.15) is 33.1 Å². The molecule has 6 heteroatoms. The summed E-state index contributed by atoms with van der Waals surface area (Å²) >= 11 is 0. The van der Waals surface area contributed by atoms with E-state index < -0.39 is 5.82 Å². The largest absolute Gasteiger partial charge is 0.352 e. The van der Waals surface area contributed by atoms with Crippen molar-refractivity contribution >= 4 is 17.5 Å². The second-order valence-electron chi connectivity index (χ2n) is 7.17. The Bertz CT molecular complexity index is 608. The summed E-state index contributed by atoms with van der Waals surface area (Å²) in [6.45, 7) is 4.64. The maximum atomic E-state index is 13.1. The van der Waals surface area contributed by atoms with Gasteiger partial charge in [-0.15, -0.1) is 0 Å². The van der Waals surface area contributed by atoms with Gasteiger partial charge in [-0.2, -0.15) is 0 Å². The lowest BCUT2D eigenvalue weighted by atomic mass is 9.78. The van der Waals surface area contributed by atoms with Crippen LogP contribution < -0.4 is 10.6 Å². The molecular formula is C19H28FN3O2. The number of carbonyl (C=O) groups is 2. The SMILES string of the molecule is C[C@H]1[C@@H](NC(=O)CN(C)CC(=O)Nc2cccc(F)c2)CCC[C@@H]1C. The Morgan fingerprint density at radius 1 is 1.20 bits per heavy atom. The van der Waals surface area contributed by atoms with Crippen LogP contribution in [0.4, 0.5) is 10.1 Å². The summed E-state index contributed by atoms with van der Waals surface area (Å²) in [7, 11) is 1.72. The standard InChI is InChI=1S/C19H28FN3O2/c1-13-6-4-9-17(14(13)2)22-19(25)12-23(3)11-18(24)21-16-8-5-7-15(20)10-16/h5,7-8,10,13-14,17H,4,6,9,11-12H2,1-3H3,(H,21,24)(H,22,25)/t13-,14+,17-/m0/s1. The molecule has 1 saturated carbocycles. The minimum Gasteiger partial charge on any atom is -0.352 e. The number of amides is 2. The molecule has 138 valence electrons. The van der Waals surface area contributed by atoms with Crippen molar-refractivity contribution in [3.05, 3.63) is 30.1 Å². The molecule has 5 nitrogen and oxygen atoms in total. The lowest BCUT2D eigenvalue weighted by molar-refractivity contribution is -0.124. The summed E-state index contributed by atoms with van der Waals surface area (Å²) < 4.78 is 13.1. The van der Waals surface area contributed by atoms with Crippen molar-refractivity contribution in [3.8, 4) is 0 Å². The third-order valence-corrected chi connectivity index (χ3v) is 4.99. The molecule has 1 aromatic carbocycles. The highest BCUT2D eigenvalue weighted by molar-refractivity contribution is 5.92. The van der Waals surface area contributed by atoms with Gasteiger partial charge in [-0.25, -0.2) is 4.39 Å². The fourth-order valence-corrected chi connectivity index (χ4v) is 3.35. The molecule has 1 aliphatic rings. The number of hydrogen-bond donors (Lipinski definition) is 2. The average molecular weight is 349 g/mol. The smallest absolute Gasteiger partial charge is 0.238 e. The number of hydrogen-bond acceptors (Lipinski definition) is 3. The van der Waals surface area contributed by atoms with Gasteiger partial charge in [-0.05, 0) is 43.5 Å². The topological polar surface area (TPSA) is 61.4 Å². The van der Waals surface area contributed by atoms with Crippen molar-refractivity contribution in [2.75, 3.05) is 25.5 Å². The van der Waals surface area contributed by atoms with Crippen molar-refractivity contribution in [3.63, 3.8) is 0 Å². The minimum absolute atomic E-state index is 0.0630. The fourth-order valence-electron chi connectivity index (χ4n) is 3.35. The lowest BCUT2D eigenvalue weighted by Gasteiger charge is -2.34. The Kier molecular flexibility index (Phi) is 6.93. The maximum absolute atomic E-state index is 13.1. The second kappa shape index (κ2) is 8.94. The van der Waals surface area contributed by atoms with E-state index in [1.54, 1.807) is 18.0 Å².